The van der Waals surface area contributed by atoms with Gasteiger partial charge in [0, 0.05) is 26.2 Å². The molecular weight excluding hydrogens is 461 g/mol. The Morgan fingerprint density at radius 1 is 1.06 bits per heavy atom. The van der Waals surface area contributed by atoms with Crippen LogP contribution in [0.2, 0.25) is 0 Å². The summed E-state index contributed by atoms with van der Waals surface area (Å²) >= 11 is 0. The molecule has 9 nitrogen and oxygen atoms in total. The molecule has 0 bridgehead atoms. The second-order valence-corrected chi connectivity index (χ2v) is 10.2. The summed E-state index contributed by atoms with van der Waals surface area (Å²) in [5.74, 6) is -1.23. The summed E-state index contributed by atoms with van der Waals surface area (Å²) in [4.78, 5) is 14.5. The van der Waals surface area contributed by atoms with Crippen LogP contribution in [0.1, 0.15) is 16.8 Å². The first kappa shape index (κ1) is 24.0. The van der Waals surface area contributed by atoms with E-state index in [0.29, 0.717) is 24.3 Å². The number of carbonyl (C=O) groups is 1. The van der Waals surface area contributed by atoms with Gasteiger partial charge in [-0.15, -0.1) is 5.10 Å². The number of esters is 1. The number of sulfonamides is 1. The molecule has 1 aliphatic heterocycles. The lowest BCUT2D eigenvalue weighted by atomic mass is 10.2. The van der Waals surface area contributed by atoms with Crippen LogP contribution in [0.3, 0.4) is 0 Å². The summed E-state index contributed by atoms with van der Waals surface area (Å²) in [6.07, 6.45) is 1.82. The highest BCUT2D eigenvalue weighted by Gasteiger charge is 2.39. The summed E-state index contributed by atoms with van der Waals surface area (Å²) in [5, 5.41) is 8.38. The maximum absolute atomic E-state index is 13.3. The van der Waals surface area contributed by atoms with Gasteiger partial charge in [-0.1, -0.05) is 47.7 Å². The number of aromatic nitrogens is 3. The number of hydrogen-bond donors (Lipinski definition) is 0. The highest BCUT2D eigenvalue weighted by Crippen LogP contribution is 2.21. The molecule has 1 fully saturated rings. The van der Waals surface area contributed by atoms with Gasteiger partial charge in [0.25, 0.3) is 0 Å². The van der Waals surface area contributed by atoms with E-state index < -0.39 is 27.9 Å². The minimum atomic E-state index is -3.78. The summed E-state index contributed by atoms with van der Waals surface area (Å²) < 4.78 is 47.3. The van der Waals surface area contributed by atoms with E-state index in [4.69, 9.17) is 4.74 Å². The van der Waals surface area contributed by atoms with Gasteiger partial charge in [-0.3, -0.25) is 9.69 Å². The number of halogens is 1. The van der Waals surface area contributed by atoms with E-state index in [-0.39, 0.29) is 25.4 Å². The molecule has 1 saturated heterocycles. The zero-order valence-corrected chi connectivity index (χ0v) is 19.6. The molecule has 0 spiro atoms. The molecule has 1 aliphatic rings. The van der Waals surface area contributed by atoms with Crippen LogP contribution < -0.4 is 0 Å². The Kier molecular flexibility index (Phi) is 7.35. The van der Waals surface area contributed by atoms with E-state index in [1.165, 1.54) is 31.4 Å². The number of rotatable bonds is 7. The minimum absolute atomic E-state index is 0.0521. The normalized spacial score (nSPS) is 18.9. The number of benzene rings is 2. The second kappa shape index (κ2) is 10.4. The molecular formula is C23H26FN5O4S. The zero-order chi connectivity index (χ0) is 24.1. The van der Waals surface area contributed by atoms with E-state index in [1.807, 2.05) is 41.4 Å². The predicted molar refractivity (Wildman–Crippen MR) is 122 cm³/mol. The number of hydrogen-bond acceptors (Lipinski definition) is 7. The van der Waals surface area contributed by atoms with Crippen LogP contribution in [0.4, 0.5) is 4.39 Å². The first-order valence-electron chi connectivity index (χ1n) is 10.8. The van der Waals surface area contributed by atoms with E-state index in [9.17, 15) is 17.6 Å². The average Bonchev–Trinajstić information content (AvgIpc) is 3.22. The molecule has 11 heteroatoms. The largest absolute Gasteiger partial charge is 0.468 e. The molecule has 2 heterocycles. The fourth-order valence-corrected chi connectivity index (χ4v) is 5.53. The molecule has 0 saturated carbocycles. The quantitative estimate of drug-likeness (QED) is 0.468. The molecule has 4 rings (SSSR count). The van der Waals surface area contributed by atoms with Gasteiger partial charge < -0.3 is 4.74 Å². The lowest BCUT2D eigenvalue weighted by molar-refractivity contribution is -0.145. The van der Waals surface area contributed by atoms with Crippen molar-refractivity contribution >= 4 is 16.0 Å². The Hall–Kier alpha value is -3.15. The molecule has 1 aromatic heterocycles. The Morgan fingerprint density at radius 3 is 2.47 bits per heavy atom. The van der Waals surface area contributed by atoms with Gasteiger partial charge in [0.05, 0.1) is 31.3 Å². The lowest BCUT2D eigenvalue weighted by Gasteiger charge is -2.28. The van der Waals surface area contributed by atoms with E-state index in [1.54, 1.807) is 4.68 Å². The van der Waals surface area contributed by atoms with Gasteiger partial charge in [-0.25, -0.2) is 17.5 Å². The first-order chi connectivity index (χ1) is 16.3. The molecule has 0 radical (unpaired) electrons. The Morgan fingerprint density at radius 2 is 1.76 bits per heavy atom. The van der Waals surface area contributed by atoms with Crippen LogP contribution in [-0.2, 0) is 39.2 Å². The van der Waals surface area contributed by atoms with Crippen molar-refractivity contribution in [1.29, 1.82) is 0 Å². The molecule has 2 aromatic carbocycles. The fraction of sp³-hybridized carbons (Fsp3) is 0.348. The Labute approximate surface area is 197 Å². The number of carbonyl (C=O) groups excluding carboxylic acids is 1. The smallest absolute Gasteiger partial charge is 0.325 e. The Balaban J connectivity index is 1.51. The molecule has 34 heavy (non-hydrogen) atoms. The zero-order valence-electron chi connectivity index (χ0n) is 18.7. The van der Waals surface area contributed by atoms with Crippen molar-refractivity contribution in [1.82, 2.24) is 24.2 Å². The maximum atomic E-state index is 13.3. The summed E-state index contributed by atoms with van der Waals surface area (Å²) in [6.45, 7) is 1.21. The van der Waals surface area contributed by atoms with E-state index in [2.05, 4.69) is 10.3 Å². The monoisotopic (exact) mass is 487 g/mol. The standard InChI is InChI=1S/C23H26FN5O4S/c1-33-23(30)22-17-27(15-21-16-28(26-25-21)13-18-5-3-2-4-6-18)11-12-34(31,32)29(22)14-19-7-9-20(24)10-8-19/h2-10,16,22H,11-15,17H2,1H3. The van der Waals surface area contributed by atoms with Crippen molar-refractivity contribution < 1.29 is 22.3 Å². The highest BCUT2D eigenvalue weighted by atomic mass is 32.2. The number of ether oxygens (including phenoxy) is 1. The maximum Gasteiger partial charge on any atom is 0.325 e. The van der Waals surface area contributed by atoms with Crippen LogP contribution in [0.25, 0.3) is 0 Å². The van der Waals surface area contributed by atoms with Crippen molar-refractivity contribution in [2.45, 2.75) is 25.7 Å². The topological polar surface area (TPSA) is 97.6 Å². The van der Waals surface area contributed by atoms with Crippen LogP contribution in [0.15, 0.2) is 60.8 Å². The highest BCUT2D eigenvalue weighted by molar-refractivity contribution is 7.89. The van der Waals surface area contributed by atoms with Gasteiger partial charge in [0.2, 0.25) is 10.0 Å². The molecule has 1 atom stereocenters. The molecule has 3 aromatic rings. The van der Waals surface area contributed by atoms with Gasteiger partial charge >= 0.3 is 5.97 Å². The van der Waals surface area contributed by atoms with E-state index >= 15 is 0 Å². The van der Waals surface area contributed by atoms with E-state index in [0.717, 1.165) is 9.87 Å². The predicted octanol–water partition coefficient (Wildman–Crippen LogP) is 1.65. The summed E-state index contributed by atoms with van der Waals surface area (Å²) in [5.41, 5.74) is 2.34. The number of nitrogens with zero attached hydrogens (tertiary/aromatic N) is 5. The molecule has 1 unspecified atom stereocenters. The third kappa shape index (κ3) is 5.85. The molecule has 180 valence electrons. The van der Waals surface area contributed by atoms with Crippen molar-refractivity contribution in [2.24, 2.45) is 0 Å². The lowest BCUT2D eigenvalue weighted by Crippen LogP contribution is -2.48. The van der Waals surface area contributed by atoms with Gasteiger partial charge in [0.15, 0.2) is 0 Å². The van der Waals surface area contributed by atoms with Crippen molar-refractivity contribution in [3.63, 3.8) is 0 Å². The van der Waals surface area contributed by atoms with Crippen LogP contribution >= 0.6 is 0 Å². The SMILES string of the molecule is COC(=O)C1CN(Cc2cn(Cc3ccccc3)nn2)CCS(=O)(=O)N1Cc1ccc(F)cc1. The Bertz CT molecular complexity index is 1220. The first-order valence-corrected chi connectivity index (χ1v) is 12.4. The summed E-state index contributed by atoms with van der Waals surface area (Å²) in [7, 11) is -2.55. The fourth-order valence-electron chi connectivity index (χ4n) is 3.92. The average molecular weight is 488 g/mol. The third-order valence-electron chi connectivity index (χ3n) is 5.69. The molecule has 0 aliphatic carbocycles. The molecule has 0 amide bonds. The van der Waals surface area contributed by atoms with Gasteiger partial charge in [0.1, 0.15) is 11.9 Å². The molecule has 0 N–H and O–H groups in total. The third-order valence-corrected chi connectivity index (χ3v) is 7.48. The van der Waals surface area contributed by atoms with Crippen LogP contribution in [-0.4, -0.2) is 70.6 Å². The second-order valence-electron chi connectivity index (χ2n) is 8.15. The van der Waals surface area contributed by atoms with Crippen molar-refractivity contribution in [3.05, 3.63) is 83.4 Å². The van der Waals surface area contributed by atoms with Crippen molar-refractivity contribution in [2.75, 3.05) is 26.0 Å². The number of methoxy groups -OCH3 is 1. The van der Waals surface area contributed by atoms with Crippen LogP contribution in [0, 0.1) is 5.82 Å². The minimum Gasteiger partial charge on any atom is -0.468 e. The van der Waals surface area contributed by atoms with Crippen molar-refractivity contribution in [3.8, 4) is 0 Å². The van der Waals surface area contributed by atoms with Gasteiger partial charge in [-0.05, 0) is 23.3 Å². The van der Waals surface area contributed by atoms with Gasteiger partial charge in [-0.2, -0.15) is 4.31 Å². The van der Waals surface area contributed by atoms with Crippen LogP contribution in [0.5, 0.6) is 0 Å². The summed E-state index contributed by atoms with van der Waals surface area (Å²) in [6, 6.07) is 14.3.